The van der Waals surface area contributed by atoms with E-state index < -0.39 is 0 Å². The second-order valence-electron chi connectivity index (χ2n) is 12.0. The SMILES string of the molecule is c1ccc(-c2ccc(-c3cc(-c4ccc5c(c4)oc4ccccc45)cc(-c4ccc(-c5ccc6ccccc6c5)cn4)c3)cc2)cc1. The van der Waals surface area contributed by atoms with Crippen molar-refractivity contribution in [1.29, 1.82) is 0 Å². The van der Waals surface area contributed by atoms with Gasteiger partial charge in [-0.3, -0.25) is 4.98 Å². The Bertz CT molecular complexity index is 2540. The van der Waals surface area contributed by atoms with E-state index in [-0.39, 0.29) is 0 Å². The molecule has 0 unspecified atom stereocenters. The van der Waals surface area contributed by atoms with Crippen molar-refractivity contribution >= 4 is 32.7 Å². The summed E-state index contributed by atoms with van der Waals surface area (Å²) in [6, 6.07) is 60.2. The summed E-state index contributed by atoms with van der Waals surface area (Å²) in [7, 11) is 0. The van der Waals surface area contributed by atoms with Gasteiger partial charge in [-0.05, 0) is 98.2 Å². The van der Waals surface area contributed by atoms with E-state index >= 15 is 0 Å². The summed E-state index contributed by atoms with van der Waals surface area (Å²) in [5, 5.41) is 4.73. The predicted octanol–water partition coefficient (Wildman–Crippen LogP) is 12.5. The molecule has 0 N–H and O–H groups in total. The van der Waals surface area contributed by atoms with Gasteiger partial charge in [-0.1, -0.05) is 121 Å². The number of pyridine rings is 1. The van der Waals surface area contributed by atoms with Crippen molar-refractivity contribution in [3.8, 4) is 55.8 Å². The highest BCUT2D eigenvalue weighted by atomic mass is 16.3. The van der Waals surface area contributed by atoms with Crippen LogP contribution in [0.5, 0.6) is 0 Å². The highest BCUT2D eigenvalue weighted by Crippen LogP contribution is 2.37. The number of fused-ring (bicyclic) bond motifs is 4. The molecule has 0 aliphatic heterocycles. The van der Waals surface area contributed by atoms with E-state index in [4.69, 9.17) is 9.40 Å². The lowest BCUT2D eigenvalue weighted by molar-refractivity contribution is 0.669. The zero-order valence-electron chi connectivity index (χ0n) is 25.6. The Balaban J connectivity index is 1.14. The first kappa shape index (κ1) is 27.1. The van der Waals surface area contributed by atoms with Gasteiger partial charge in [0.2, 0.25) is 0 Å². The van der Waals surface area contributed by atoms with Crippen LogP contribution in [-0.2, 0) is 0 Å². The molecule has 220 valence electrons. The number of aromatic nitrogens is 1. The standard InChI is InChI=1S/C45H29NO/c1-2-8-30(9-3-1)32-14-16-33(17-15-32)38-25-39(36-20-22-42-41-12-6-7-13-44(41)47-45(42)28-36)27-40(26-38)43-23-21-37(29-46-43)35-19-18-31-10-4-5-11-34(31)24-35/h1-29H. The number of furan rings is 1. The van der Waals surface area contributed by atoms with E-state index in [0.29, 0.717) is 0 Å². The molecule has 2 heterocycles. The molecule has 0 amide bonds. The number of hydrogen-bond acceptors (Lipinski definition) is 2. The van der Waals surface area contributed by atoms with Crippen LogP contribution in [0.2, 0.25) is 0 Å². The molecule has 47 heavy (non-hydrogen) atoms. The number of nitrogens with zero attached hydrogens (tertiary/aromatic N) is 1. The molecule has 0 aliphatic rings. The van der Waals surface area contributed by atoms with Crippen molar-refractivity contribution in [2.45, 2.75) is 0 Å². The van der Waals surface area contributed by atoms with Gasteiger partial charge in [-0.15, -0.1) is 0 Å². The zero-order chi connectivity index (χ0) is 31.2. The van der Waals surface area contributed by atoms with Gasteiger partial charge in [0.25, 0.3) is 0 Å². The van der Waals surface area contributed by atoms with Gasteiger partial charge in [0.1, 0.15) is 11.2 Å². The highest BCUT2D eigenvalue weighted by Gasteiger charge is 2.12. The summed E-state index contributed by atoms with van der Waals surface area (Å²) in [6.45, 7) is 0. The van der Waals surface area contributed by atoms with Crippen LogP contribution in [-0.4, -0.2) is 4.98 Å². The Labute approximate surface area is 273 Å². The first-order valence-electron chi connectivity index (χ1n) is 15.9. The first-order valence-corrected chi connectivity index (χ1v) is 15.9. The lowest BCUT2D eigenvalue weighted by atomic mass is 9.93. The number of para-hydroxylation sites is 1. The lowest BCUT2D eigenvalue weighted by Gasteiger charge is -2.12. The van der Waals surface area contributed by atoms with E-state index in [0.717, 1.165) is 66.6 Å². The minimum atomic E-state index is 0.890. The van der Waals surface area contributed by atoms with Gasteiger partial charge in [-0.25, -0.2) is 0 Å². The molecule has 0 radical (unpaired) electrons. The molecular weight excluding hydrogens is 571 g/mol. The molecule has 2 nitrogen and oxygen atoms in total. The Hall–Kier alpha value is -6.25. The Morgan fingerprint density at radius 1 is 0.319 bits per heavy atom. The van der Waals surface area contributed by atoms with Crippen LogP contribution in [0.25, 0.3) is 88.5 Å². The van der Waals surface area contributed by atoms with Gasteiger partial charge in [0.15, 0.2) is 0 Å². The fraction of sp³-hybridized carbons (Fsp3) is 0. The molecule has 2 aromatic heterocycles. The van der Waals surface area contributed by atoms with Crippen LogP contribution in [0.4, 0.5) is 0 Å². The smallest absolute Gasteiger partial charge is 0.136 e. The second-order valence-corrected chi connectivity index (χ2v) is 12.0. The predicted molar refractivity (Wildman–Crippen MR) is 196 cm³/mol. The molecule has 0 fully saturated rings. The summed E-state index contributed by atoms with van der Waals surface area (Å²) in [6.07, 6.45) is 1.99. The molecule has 0 bridgehead atoms. The van der Waals surface area contributed by atoms with Crippen molar-refractivity contribution in [1.82, 2.24) is 4.98 Å². The van der Waals surface area contributed by atoms with Gasteiger partial charge in [-0.2, -0.15) is 0 Å². The fourth-order valence-corrected chi connectivity index (χ4v) is 6.60. The van der Waals surface area contributed by atoms with Crippen LogP contribution in [0, 0.1) is 0 Å². The lowest BCUT2D eigenvalue weighted by Crippen LogP contribution is -1.89. The van der Waals surface area contributed by atoms with E-state index in [1.54, 1.807) is 0 Å². The topological polar surface area (TPSA) is 26.0 Å². The first-order chi connectivity index (χ1) is 23.2. The van der Waals surface area contributed by atoms with Crippen LogP contribution in [0.15, 0.2) is 180 Å². The third kappa shape index (κ3) is 5.07. The molecule has 9 aromatic rings. The average Bonchev–Trinajstić information content (AvgIpc) is 3.53. The molecular formula is C45H29NO. The molecule has 2 heteroatoms. The van der Waals surface area contributed by atoms with Crippen LogP contribution >= 0.6 is 0 Å². The maximum Gasteiger partial charge on any atom is 0.136 e. The van der Waals surface area contributed by atoms with E-state index in [1.807, 2.05) is 18.3 Å². The minimum absolute atomic E-state index is 0.890. The maximum atomic E-state index is 6.27. The van der Waals surface area contributed by atoms with E-state index in [9.17, 15) is 0 Å². The van der Waals surface area contributed by atoms with Crippen molar-refractivity contribution in [2.75, 3.05) is 0 Å². The normalized spacial score (nSPS) is 11.4. The summed E-state index contributed by atoms with van der Waals surface area (Å²) in [4.78, 5) is 4.99. The van der Waals surface area contributed by atoms with Crippen molar-refractivity contribution in [3.05, 3.63) is 176 Å². The average molecular weight is 600 g/mol. The van der Waals surface area contributed by atoms with Gasteiger partial charge >= 0.3 is 0 Å². The summed E-state index contributed by atoms with van der Waals surface area (Å²) < 4.78 is 6.27. The van der Waals surface area contributed by atoms with Crippen LogP contribution < -0.4 is 0 Å². The summed E-state index contributed by atoms with van der Waals surface area (Å²) in [5.41, 5.74) is 13.0. The minimum Gasteiger partial charge on any atom is -0.456 e. The van der Waals surface area contributed by atoms with E-state index in [1.165, 1.54) is 21.9 Å². The Morgan fingerprint density at radius 2 is 0.894 bits per heavy atom. The van der Waals surface area contributed by atoms with Crippen molar-refractivity contribution in [3.63, 3.8) is 0 Å². The van der Waals surface area contributed by atoms with E-state index in [2.05, 4.69) is 158 Å². The fourth-order valence-electron chi connectivity index (χ4n) is 6.60. The maximum absolute atomic E-state index is 6.27. The van der Waals surface area contributed by atoms with Crippen LogP contribution in [0.3, 0.4) is 0 Å². The summed E-state index contributed by atoms with van der Waals surface area (Å²) in [5.74, 6) is 0. The van der Waals surface area contributed by atoms with Gasteiger partial charge in [0, 0.05) is 28.1 Å². The molecule has 0 spiro atoms. The van der Waals surface area contributed by atoms with Crippen LogP contribution in [0.1, 0.15) is 0 Å². The highest BCUT2D eigenvalue weighted by molar-refractivity contribution is 6.06. The third-order valence-electron chi connectivity index (χ3n) is 9.11. The number of benzene rings is 7. The molecule has 0 saturated carbocycles. The van der Waals surface area contributed by atoms with Gasteiger partial charge < -0.3 is 4.42 Å². The summed E-state index contributed by atoms with van der Waals surface area (Å²) >= 11 is 0. The monoisotopic (exact) mass is 599 g/mol. The largest absolute Gasteiger partial charge is 0.456 e. The quantitative estimate of drug-likeness (QED) is 0.197. The zero-order valence-corrected chi connectivity index (χ0v) is 25.6. The molecule has 0 aliphatic carbocycles. The van der Waals surface area contributed by atoms with Gasteiger partial charge in [0.05, 0.1) is 5.69 Å². The van der Waals surface area contributed by atoms with Crippen molar-refractivity contribution in [2.24, 2.45) is 0 Å². The Kier molecular flexibility index (Phi) is 6.50. The molecule has 7 aromatic carbocycles. The second kappa shape index (κ2) is 11.3. The third-order valence-corrected chi connectivity index (χ3v) is 9.11. The molecule has 0 saturated heterocycles. The molecule has 9 rings (SSSR count). The number of rotatable bonds is 5. The Morgan fingerprint density at radius 3 is 1.70 bits per heavy atom. The van der Waals surface area contributed by atoms with Crippen molar-refractivity contribution < 1.29 is 4.42 Å². The molecule has 0 atom stereocenters. The number of hydrogen-bond donors (Lipinski definition) is 0.